The molecule has 0 spiro atoms. The molecular formula is C27H23ClN2O5. The first-order chi connectivity index (χ1) is 16.8. The lowest BCUT2D eigenvalue weighted by molar-refractivity contribution is -0.384. The molecule has 1 aromatic heterocycles. The predicted octanol–water partition coefficient (Wildman–Crippen LogP) is 7.41. The van der Waals surface area contributed by atoms with Gasteiger partial charge in [-0.25, -0.2) is 0 Å². The molecular weight excluding hydrogens is 468 g/mol. The Kier molecular flexibility index (Phi) is 6.89. The average molecular weight is 491 g/mol. The van der Waals surface area contributed by atoms with Crippen molar-refractivity contribution in [3.63, 3.8) is 0 Å². The number of fused-ring (bicyclic) bond motifs is 1. The number of carbonyl (C=O) groups is 1. The van der Waals surface area contributed by atoms with E-state index in [1.54, 1.807) is 6.26 Å². The minimum atomic E-state index is -0.597. The molecule has 0 aliphatic carbocycles. The number of hydrogen-bond acceptors (Lipinski definition) is 5. The number of aryl methyl sites for hydroxylation is 1. The molecule has 35 heavy (non-hydrogen) atoms. The van der Waals surface area contributed by atoms with Gasteiger partial charge >= 0.3 is 0 Å². The molecule has 0 saturated heterocycles. The van der Waals surface area contributed by atoms with Crippen LogP contribution in [0.1, 0.15) is 25.0 Å². The standard InChI is InChI=1S/C27H23ClN2O5/c1-4-34-26-17(3)27-21(22(15-35-27)18-8-6-5-7-9-18)14-20(26)16(2)12-25(31)29-19-10-11-23(28)24(13-19)30(32)33/h5-15H,4H2,1-3H3,(H,29,31)/b16-12+. The Morgan fingerprint density at radius 3 is 2.63 bits per heavy atom. The fourth-order valence-corrected chi connectivity index (χ4v) is 4.15. The predicted molar refractivity (Wildman–Crippen MR) is 138 cm³/mol. The molecule has 0 bridgehead atoms. The molecule has 4 aromatic rings. The minimum Gasteiger partial charge on any atom is -0.493 e. The largest absolute Gasteiger partial charge is 0.493 e. The van der Waals surface area contributed by atoms with Gasteiger partial charge in [-0.05, 0) is 50.1 Å². The lowest BCUT2D eigenvalue weighted by atomic mass is 9.96. The highest BCUT2D eigenvalue weighted by atomic mass is 35.5. The molecule has 8 heteroatoms. The van der Waals surface area contributed by atoms with E-state index in [0.717, 1.165) is 33.2 Å². The smallest absolute Gasteiger partial charge is 0.289 e. The van der Waals surface area contributed by atoms with Gasteiger partial charge in [-0.2, -0.15) is 0 Å². The Balaban J connectivity index is 1.74. The summed E-state index contributed by atoms with van der Waals surface area (Å²) in [5.41, 5.74) is 4.94. The van der Waals surface area contributed by atoms with Gasteiger partial charge in [0.1, 0.15) is 16.4 Å². The van der Waals surface area contributed by atoms with Crippen LogP contribution < -0.4 is 10.1 Å². The number of nitrogens with zero attached hydrogens (tertiary/aromatic N) is 1. The summed E-state index contributed by atoms with van der Waals surface area (Å²) < 4.78 is 11.9. The first kappa shape index (κ1) is 24.0. The van der Waals surface area contributed by atoms with E-state index in [0.29, 0.717) is 17.9 Å². The molecule has 1 heterocycles. The highest BCUT2D eigenvalue weighted by Crippen LogP contribution is 2.40. The van der Waals surface area contributed by atoms with Crippen molar-refractivity contribution in [2.75, 3.05) is 11.9 Å². The number of ether oxygens (including phenoxy) is 1. The van der Waals surface area contributed by atoms with E-state index in [4.69, 9.17) is 20.8 Å². The van der Waals surface area contributed by atoms with Crippen molar-refractivity contribution in [3.8, 4) is 16.9 Å². The molecule has 0 atom stereocenters. The Morgan fingerprint density at radius 2 is 1.94 bits per heavy atom. The Hall–Kier alpha value is -4.10. The number of nitro benzene ring substituents is 1. The summed E-state index contributed by atoms with van der Waals surface area (Å²) in [7, 11) is 0. The van der Waals surface area contributed by atoms with Crippen molar-refractivity contribution < 1.29 is 18.9 Å². The van der Waals surface area contributed by atoms with Crippen LogP contribution in [0.2, 0.25) is 5.02 Å². The normalized spacial score (nSPS) is 11.5. The van der Waals surface area contributed by atoms with Crippen molar-refractivity contribution in [1.29, 1.82) is 0 Å². The number of anilines is 1. The number of nitro groups is 1. The van der Waals surface area contributed by atoms with Gasteiger partial charge < -0.3 is 14.5 Å². The van der Waals surface area contributed by atoms with Gasteiger partial charge in [0.05, 0.1) is 17.8 Å². The van der Waals surface area contributed by atoms with Gasteiger partial charge in [-0.1, -0.05) is 41.9 Å². The minimum absolute atomic E-state index is 0.000752. The quantitative estimate of drug-likeness (QED) is 0.165. The topological polar surface area (TPSA) is 94.6 Å². The second kappa shape index (κ2) is 10.0. The summed E-state index contributed by atoms with van der Waals surface area (Å²) in [5.74, 6) is 0.201. The van der Waals surface area contributed by atoms with E-state index in [9.17, 15) is 14.9 Å². The maximum absolute atomic E-state index is 12.8. The van der Waals surface area contributed by atoms with Gasteiger partial charge in [0.25, 0.3) is 5.69 Å². The zero-order valence-electron chi connectivity index (χ0n) is 19.4. The van der Waals surface area contributed by atoms with Crippen LogP contribution in [0.15, 0.2) is 71.4 Å². The fraction of sp³-hybridized carbons (Fsp3) is 0.148. The zero-order valence-corrected chi connectivity index (χ0v) is 20.2. The Labute approximate surface area is 207 Å². The molecule has 1 amide bonds. The van der Waals surface area contributed by atoms with Crippen LogP contribution in [0.25, 0.3) is 27.7 Å². The monoisotopic (exact) mass is 490 g/mol. The second-order valence-electron chi connectivity index (χ2n) is 7.94. The maximum atomic E-state index is 12.8. The first-order valence-corrected chi connectivity index (χ1v) is 11.3. The van der Waals surface area contributed by atoms with Crippen LogP contribution in [-0.4, -0.2) is 17.4 Å². The number of benzene rings is 3. The zero-order chi connectivity index (χ0) is 25.1. The fourth-order valence-electron chi connectivity index (χ4n) is 3.96. The summed E-state index contributed by atoms with van der Waals surface area (Å²) in [5, 5.41) is 14.7. The number of hydrogen-bond donors (Lipinski definition) is 1. The van der Waals surface area contributed by atoms with Crippen LogP contribution in [0.4, 0.5) is 11.4 Å². The molecule has 0 unspecified atom stereocenters. The third kappa shape index (κ3) is 4.90. The summed E-state index contributed by atoms with van der Waals surface area (Å²) in [6, 6.07) is 16.0. The number of allylic oxidation sites excluding steroid dienone is 1. The summed E-state index contributed by atoms with van der Waals surface area (Å²) >= 11 is 5.86. The van der Waals surface area contributed by atoms with Crippen LogP contribution >= 0.6 is 11.6 Å². The lowest BCUT2D eigenvalue weighted by Crippen LogP contribution is -2.09. The van der Waals surface area contributed by atoms with Crippen molar-refractivity contribution >= 4 is 45.4 Å². The molecule has 0 radical (unpaired) electrons. The number of furan rings is 1. The van der Waals surface area contributed by atoms with E-state index in [1.807, 2.05) is 57.2 Å². The summed E-state index contributed by atoms with van der Waals surface area (Å²) in [6.07, 6.45) is 3.16. The van der Waals surface area contributed by atoms with Gasteiger partial charge in [0, 0.05) is 39.9 Å². The van der Waals surface area contributed by atoms with Gasteiger partial charge in [0.2, 0.25) is 5.91 Å². The second-order valence-corrected chi connectivity index (χ2v) is 8.35. The highest BCUT2D eigenvalue weighted by molar-refractivity contribution is 6.32. The van der Waals surface area contributed by atoms with Crippen LogP contribution in [0, 0.1) is 17.0 Å². The van der Waals surface area contributed by atoms with E-state index < -0.39 is 10.8 Å². The van der Waals surface area contributed by atoms with Crippen molar-refractivity contribution in [3.05, 3.63) is 93.2 Å². The number of carbonyl (C=O) groups excluding carboxylic acids is 1. The maximum Gasteiger partial charge on any atom is 0.289 e. The number of amides is 1. The van der Waals surface area contributed by atoms with Crippen molar-refractivity contribution in [2.24, 2.45) is 0 Å². The number of halogens is 1. The SMILES string of the molecule is CCOc1c(/C(C)=C/C(=O)Nc2ccc(Cl)c([N+](=O)[O-])c2)cc2c(-c3ccccc3)coc2c1C. The molecule has 7 nitrogen and oxygen atoms in total. The third-order valence-corrected chi connectivity index (χ3v) is 5.92. The van der Waals surface area contributed by atoms with E-state index >= 15 is 0 Å². The Morgan fingerprint density at radius 1 is 1.20 bits per heavy atom. The Bertz CT molecular complexity index is 1460. The molecule has 0 aliphatic heterocycles. The average Bonchev–Trinajstić information content (AvgIpc) is 3.26. The number of rotatable bonds is 7. The molecule has 1 N–H and O–H groups in total. The van der Waals surface area contributed by atoms with Crippen LogP contribution in [0.3, 0.4) is 0 Å². The third-order valence-electron chi connectivity index (χ3n) is 5.60. The molecule has 4 rings (SSSR count). The van der Waals surface area contributed by atoms with E-state index in [2.05, 4.69) is 5.32 Å². The van der Waals surface area contributed by atoms with Crippen molar-refractivity contribution in [2.45, 2.75) is 20.8 Å². The summed E-state index contributed by atoms with van der Waals surface area (Å²) in [4.78, 5) is 23.3. The molecule has 0 fully saturated rings. The molecule has 178 valence electrons. The van der Waals surface area contributed by atoms with E-state index in [1.165, 1.54) is 24.3 Å². The van der Waals surface area contributed by atoms with Crippen LogP contribution in [-0.2, 0) is 4.79 Å². The molecule has 3 aromatic carbocycles. The summed E-state index contributed by atoms with van der Waals surface area (Å²) in [6.45, 7) is 6.08. The molecule has 0 saturated carbocycles. The van der Waals surface area contributed by atoms with Gasteiger partial charge in [-0.3, -0.25) is 14.9 Å². The van der Waals surface area contributed by atoms with Crippen LogP contribution in [0.5, 0.6) is 5.75 Å². The number of nitrogens with one attached hydrogen (secondary N) is 1. The van der Waals surface area contributed by atoms with Gasteiger partial charge in [-0.15, -0.1) is 0 Å². The lowest BCUT2D eigenvalue weighted by Gasteiger charge is -2.15. The first-order valence-electron chi connectivity index (χ1n) is 11.0. The highest BCUT2D eigenvalue weighted by Gasteiger charge is 2.19. The van der Waals surface area contributed by atoms with Gasteiger partial charge in [0.15, 0.2) is 0 Å². The van der Waals surface area contributed by atoms with E-state index in [-0.39, 0.29) is 16.4 Å². The molecule has 0 aliphatic rings. The van der Waals surface area contributed by atoms with Crippen molar-refractivity contribution in [1.82, 2.24) is 0 Å².